The number of nitrogens with zero attached hydrogens (tertiary/aromatic N) is 3. The Labute approximate surface area is 149 Å². The number of benzene rings is 1. The van der Waals surface area contributed by atoms with E-state index in [2.05, 4.69) is 37.0 Å². The first-order valence-corrected chi connectivity index (χ1v) is 9.17. The highest BCUT2D eigenvalue weighted by atomic mass is 16.5. The van der Waals surface area contributed by atoms with Gasteiger partial charge in [0.15, 0.2) is 5.82 Å². The van der Waals surface area contributed by atoms with Gasteiger partial charge in [-0.2, -0.15) is 4.98 Å². The molecule has 1 aromatic heterocycles. The van der Waals surface area contributed by atoms with Crippen molar-refractivity contribution in [3.05, 3.63) is 47.1 Å². The molecular formula is C20H27N3O2. The Morgan fingerprint density at radius 1 is 1.28 bits per heavy atom. The van der Waals surface area contributed by atoms with Crippen molar-refractivity contribution in [2.45, 2.75) is 52.4 Å². The van der Waals surface area contributed by atoms with Crippen molar-refractivity contribution in [2.24, 2.45) is 5.92 Å². The maximum absolute atomic E-state index is 12.5. The summed E-state index contributed by atoms with van der Waals surface area (Å²) >= 11 is 0. The van der Waals surface area contributed by atoms with Crippen LogP contribution in [0.15, 0.2) is 28.8 Å². The maximum atomic E-state index is 12.5. The second-order valence-corrected chi connectivity index (χ2v) is 7.33. The number of aromatic nitrogens is 2. The fourth-order valence-electron chi connectivity index (χ4n) is 3.30. The predicted octanol–water partition coefficient (Wildman–Crippen LogP) is 3.53. The number of carbonyl (C=O) groups excluding carboxylic acids is 1. The zero-order valence-electron chi connectivity index (χ0n) is 15.4. The van der Waals surface area contributed by atoms with Gasteiger partial charge in [-0.05, 0) is 36.8 Å². The number of rotatable bonds is 5. The van der Waals surface area contributed by atoms with Gasteiger partial charge in [-0.1, -0.05) is 43.3 Å². The molecule has 1 saturated heterocycles. The Balaban J connectivity index is 1.49. The van der Waals surface area contributed by atoms with E-state index in [9.17, 15) is 4.79 Å². The van der Waals surface area contributed by atoms with Crippen molar-refractivity contribution in [1.82, 2.24) is 15.0 Å². The minimum absolute atomic E-state index is 0.229. The molecule has 0 atom stereocenters. The number of likely N-dealkylation sites (tertiary alicyclic amines) is 1. The van der Waals surface area contributed by atoms with E-state index in [1.54, 1.807) is 0 Å². The molecule has 0 aliphatic carbocycles. The van der Waals surface area contributed by atoms with Gasteiger partial charge in [0, 0.05) is 25.4 Å². The highest BCUT2D eigenvalue weighted by molar-refractivity contribution is 5.79. The summed E-state index contributed by atoms with van der Waals surface area (Å²) in [7, 11) is 0. The quantitative estimate of drug-likeness (QED) is 0.835. The van der Waals surface area contributed by atoms with Crippen LogP contribution >= 0.6 is 0 Å². The first-order valence-electron chi connectivity index (χ1n) is 9.17. The fraction of sp³-hybridized carbons (Fsp3) is 0.550. The normalized spacial score (nSPS) is 15.8. The van der Waals surface area contributed by atoms with Gasteiger partial charge in [-0.15, -0.1) is 0 Å². The Morgan fingerprint density at radius 2 is 2.00 bits per heavy atom. The van der Waals surface area contributed by atoms with Crippen LogP contribution in [0.25, 0.3) is 0 Å². The van der Waals surface area contributed by atoms with E-state index >= 15 is 0 Å². The van der Waals surface area contributed by atoms with Crippen molar-refractivity contribution < 1.29 is 9.32 Å². The average molecular weight is 341 g/mol. The molecule has 0 spiro atoms. The van der Waals surface area contributed by atoms with Gasteiger partial charge in [0.25, 0.3) is 0 Å². The summed E-state index contributed by atoms with van der Waals surface area (Å²) in [4.78, 5) is 19.0. The van der Waals surface area contributed by atoms with Crippen molar-refractivity contribution in [3.63, 3.8) is 0 Å². The Hall–Kier alpha value is -2.17. The second kappa shape index (κ2) is 7.81. The van der Waals surface area contributed by atoms with E-state index < -0.39 is 0 Å². The van der Waals surface area contributed by atoms with Gasteiger partial charge in [0.2, 0.25) is 11.8 Å². The lowest BCUT2D eigenvalue weighted by Gasteiger charge is -2.31. The van der Waals surface area contributed by atoms with Gasteiger partial charge in [0.05, 0.1) is 6.42 Å². The van der Waals surface area contributed by atoms with Crippen LogP contribution in [0.4, 0.5) is 0 Å². The van der Waals surface area contributed by atoms with Crippen LogP contribution in [-0.4, -0.2) is 34.0 Å². The first-order chi connectivity index (χ1) is 12.0. The van der Waals surface area contributed by atoms with Crippen LogP contribution in [0.2, 0.25) is 0 Å². The second-order valence-electron chi connectivity index (χ2n) is 7.33. The molecule has 2 aromatic rings. The Kier molecular flexibility index (Phi) is 5.51. The van der Waals surface area contributed by atoms with Crippen LogP contribution in [0, 0.1) is 12.8 Å². The lowest BCUT2D eigenvalue weighted by Crippen LogP contribution is -2.39. The molecule has 1 aliphatic rings. The first kappa shape index (κ1) is 17.6. The molecule has 5 heteroatoms. The summed E-state index contributed by atoms with van der Waals surface area (Å²) in [5.74, 6) is 2.54. The number of aryl methyl sites for hydroxylation is 1. The van der Waals surface area contributed by atoms with Crippen LogP contribution in [0.5, 0.6) is 0 Å². The summed E-state index contributed by atoms with van der Waals surface area (Å²) in [6.07, 6.45) is 3.32. The van der Waals surface area contributed by atoms with E-state index in [1.165, 1.54) is 5.56 Å². The van der Waals surface area contributed by atoms with Crippen LogP contribution in [-0.2, 0) is 17.6 Å². The number of amides is 1. The number of carbonyl (C=O) groups is 1. The maximum Gasteiger partial charge on any atom is 0.226 e. The number of hydrogen-bond donors (Lipinski definition) is 0. The topological polar surface area (TPSA) is 59.2 Å². The third-order valence-corrected chi connectivity index (χ3v) is 5.03. The molecule has 0 N–H and O–H groups in total. The van der Waals surface area contributed by atoms with Gasteiger partial charge < -0.3 is 9.42 Å². The van der Waals surface area contributed by atoms with Crippen LogP contribution in [0.3, 0.4) is 0 Å². The minimum atomic E-state index is 0.229. The SMILES string of the molecule is Cc1ccccc1CC(=O)N1CCC(Cc2nc(C(C)C)no2)CC1. The summed E-state index contributed by atoms with van der Waals surface area (Å²) in [5.41, 5.74) is 2.31. The number of hydrogen-bond acceptors (Lipinski definition) is 4. The summed E-state index contributed by atoms with van der Waals surface area (Å²) < 4.78 is 5.35. The summed E-state index contributed by atoms with van der Waals surface area (Å²) in [6.45, 7) is 7.83. The molecule has 134 valence electrons. The lowest BCUT2D eigenvalue weighted by molar-refractivity contribution is -0.131. The number of piperidine rings is 1. The zero-order chi connectivity index (χ0) is 17.8. The van der Waals surface area contributed by atoms with Crippen molar-refractivity contribution >= 4 is 5.91 Å². The van der Waals surface area contributed by atoms with E-state index in [0.29, 0.717) is 18.3 Å². The molecule has 0 saturated carbocycles. The lowest BCUT2D eigenvalue weighted by atomic mass is 9.93. The van der Waals surface area contributed by atoms with E-state index in [1.807, 2.05) is 23.1 Å². The highest BCUT2D eigenvalue weighted by Gasteiger charge is 2.25. The predicted molar refractivity (Wildman–Crippen MR) is 96.3 cm³/mol. The monoisotopic (exact) mass is 341 g/mol. The molecule has 2 heterocycles. The van der Waals surface area contributed by atoms with E-state index in [-0.39, 0.29) is 5.91 Å². The van der Waals surface area contributed by atoms with E-state index in [4.69, 9.17) is 4.52 Å². The third kappa shape index (κ3) is 4.47. The molecule has 0 unspecified atom stereocenters. The molecule has 5 nitrogen and oxygen atoms in total. The molecule has 1 aromatic carbocycles. The molecular weight excluding hydrogens is 314 g/mol. The van der Waals surface area contributed by atoms with Gasteiger partial charge in [0.1, 0.15) is 0 Å². The Morgan fingerprint density at radius 3 is 2.64 bits per heavy atom. The smallest absolute Gasteiger partial charge is 0.226 e. The molecule has 3 rings (SSSR count). The molecule has 25 heavy (non-hydrogen) atoms. The van der Waals surface area contributed by atoms with E-state index in [0.717, 1.165) is 49.6 Å². The average Bonchev–Trinajstić information content (AvgIpc) is 3.06. The summed E-state index contributed by atoms with van der Waals surface area (Å²) in [5, 5.41) is 4.03. The largest absolute Gasteiger partial charge is 0.342 e. The minimum Gasteiger partial charge on any atom is -0.342 e. The van der Waals surface area contributed by atoms with Gasteiger partial charge in [-0.3, -0.25) is 4.79 Å². The summed E-state index contributed by atoms with van der Waals surface area (Å²) in [6, 6.07) is 8.11. The van der Waals surface area contributed by atoms with Crippen molar-refractivity contribution in [1.29, 1.82) is 0 Å². The fourth-order valence-corrected chi connectivity index (χ4v) is 3.30. The van der Waals surface area contributed by atoms with Crippen molar-refractivity contribution in [3.8, 4) is 0 Å². The molecule has 1 fully saturated rings. The standard InChI is InChI=1S/C20H27N3O2/c1-14(2)20-21-18(25-22-20)12-16-8-10-23(11-9-16)19(24)13-17-7-5-4-6-15(17)3/h4-7,14,16H,8-13H2,1-3H3. The third-order valence-electron chi connectivity index (χ3n) is 5.03. The highest BCUT2D eigenvalue weighted by Crippen LogP contribution is 2.22. The van der Waals surface area contributed by atoms with Gasteiger partial charge >= 0.3 is 0 Å². The molecule has 0 radical (unpaired) electrons. The van der Waals surface area contributed by atoms with Crippen LogP contribution in [0.1, 0.15) is 55.4 Å². The molecule has 1 amide bonds. The Bertz CT molecular complexity index is 715. The van der Waals surface area contributed by atoms with Crippen molar-refractivity contribution in [2.75, 3.05) is 13.1 Å². The van der Waals surface area contributed by atoms with Crippen LogP contribution < -0.4 is 0 Å². The van der Waals surface area contributed by atoms with Gasteiger partial charge in [-0.25, -0.2) is 0 Å². The zero-order valence-corrected chi connectivity index (χ0v) is 15.4. The molecule has 1 aliphatic heterocycles. The molecule has 0 bridgehead atoms.